The minimum atomic E-state index is 0.178. The summed E-state index contributed by atoms with van der Waals surface area (Å²) in [6.45, 7) is 13.8. The summed E-state index contributed by atoms with van der Waals surface area (Å²) in [5.41, 5.74) is 3.70. The van der Waals surface area contributed by atoms with Gasteiger partial charge in [0, 0.05) is 38.4 Å². The van der Waals surface area contributed by atoms with Gasteiger partial charge >= 0.3 is 0 Å². The van der Waals surface area contributed by atoms with Crippen molar-refractivity contribution < 1.29 is 0 Å². The first-order valence-electron chi connectivity index (χ1n) is 10.3. The zero-order valence-corrected chi connectivity index (χ0v) is 16.4. The van der Waals surface area contributed by atoms with Crippen molar-refractivity contribution in [2.45, 2.75) is 64.8 Å². The van der Waals surface area contributed by atoms with Crippen LogP contribution in [-0.4, -0.2) is 42.1 Å². The van der Waals surface area contributed by atoms with E-state index in [0.717, 1.165) is 36.4 Å². The number of nitrogens with zero attached hydrogens (tertiary/aromatic N) is 3. The van der Waals surface area contributed by atoms with Crippen LogP contribution in [0, 0.1) is 24.2 Å². The van der Waals surface area contributed by atoms with Crippen LogP contribution < -0.4 is 4.90 Å². The number of aromatic nitrogens is 1. The second-order valence-corrected chi connectivity index (χ2v) is 10.2. The van der Waals surface area contributed by atoms with Crippen LogP contribution in [0.2, 0.25) is 0 Å². The van der Waals surface area contributed by atoms with Crippen molar-refractivity contribution in [2.75, 3.05) is 31.1 Å². The minimum Gasteiger partial charge on any atom is -0.354 e. The standard InChI is InChI=1S/C22H33N3/c1-15-11-17(21(2,3)4)14-23-20(15)25-9-7-24(8-10-25)19-12-16-5-6-22(16)13-18(19)22/h11,14,16,18-19H,5-10,12-13H2,1-4H3/t16-,18-,19+,22?/m0/s1. The molecule has 1 aliphatic heterocycles. The molecule has 0 N–H and O–H groups in total. The van der Waals surface area contributed by atoms with E-state index in [-0.39, 0.29) is 5.41 Å². The lowest BCUT2D eigenvalue weighted by Gasteiger charge is -2.40. The van der Waals surface area contributed by atoms with Crippen molar-refractivity contribution in [3.8, 4) is 0 Å². The molecule has 5 rings (SSSR count). The first-order valence-corrected chi connectivity index (χ1v) is 10.3. The molecule has 0 aromatic carbocycles. The van der Waals surface area contributed by atoms with Gasteiger partial charge in [-0.05, 0) is 66.4 Å². The summed E-state index contributed by atoms with van der Waals surface area (Å²) < 4.78 is 0. The highest BCUT2D eigenvalue weighted by molar-refractivity contribution is 5.48. The maximum absolute atomic E-state index is 4.85. The highest BCUT2D eigenvalue weighted by Crippen LogP contribution is 2.76. The number of pyridine rings is 1. The zero-order chi connectivity index (χ0) is 17.4. The first kappa shape index (κ1) is 16.1. The number of hydrogen-bond acceptors (Lipinski definition) is 3. The molecule has 3 heteroatoms. The van der Waals surface area contributed by atoms with Crippen LogP contribution in [0.1, 0.15) is 57.6 Å². The van der Waals surface area contributed by atoms with E-state index in [4.69, 9.17) is 4.98 Å². The Labute approximate surface area is 152 Å². The summed E-state index contributed by atoms with van der Waals surface area (Å²) in [5, 5.41) is 0. The molecular weight excluding hydrogens is 306 g/mol. The maximum atomic E-state index is 4.85. The lowest BCUT2D eigenvalue weighted by atomic mass is 9.71. The molecule has 3 aliphatic carbocycles. The van der Waals surface area contributed by atoms with Crippen LogP contribution in [0.15, 0.2) is 12.3 Å². The third-order valence-corrected chi connectivity index (χ3v) is 7.94. The van der Waals surface area contributed by atoms with E-state index >= 15 is 0 Å². The maximum Gasteiger partial charge on any atom is 0.131 e. The van der Waals surface area contributed by atoms with E-state index in [1.807, 2.05) is 0 Å². The average molecular weight is 340 g/mol. The molecule has 1 saturated heterocycles. The fourth-order valence-electron chi connectivity index (χ4n) is 6.13. The molecule has 3 nitrogen and oxygen atoms in total. The Hall–Kier alpha value is -1.09. The summed E-state index contributed by atoms with van der Waals surface area (Å²) in [6.07, 6.45) is 8.22. The third kappa shape index (κ3) is 2.38. The molecule has 4 atom stereocenters. The van der Waals surface area contributed by atoms with Gasteiger partial charge in [0.2, 0.25) is 0 Å². The minimum absolute atomic E-state index is 0.178. The Bertz CT molecular complexity index is 683. The van der Waals surface area contributed by atoms with Crippen LogP contribution in [-0.2, 0) is 5.41 Å². The number of rotatable bonds is 2. The van der Waals surface area contributed by atoms with Gasteiger partial charge in [-0.1, -0.05) is 26.8 Å². The van der Waals surface area contributed by atoms with Gasteiger partial charge in [0.15, 0.2) is 0 Å². The largest absolute Gasteiger partial charge is 0.354 e. The summed E-state index contributed by atoms with van der Waals surface area (Å²) in [4.78, 5) is 10.2. The summed E-state index contributed by atoms with van der Waals surface area (Å²) in [5.74, 6) is 3.36. The second kappa shape index (κ2) is 5.22. The van der Waals surface area contributed by atoms with E-state index in [2.05, 4.69) is 49.8 Å². The number of aryl methyl sites for hydroxylation is 1. The fraction of sp³-hybridized carbons (Fsp3) is 0.773. The van der Waals surface area contributed by atoms with Crippen molar-refractivity contribution in [1.29, 1.82) is 0 Å². The van der Waals surface area contributed by atoms with Gasteiger partial charge in [-0.25, -0.2) is 4.98 Å². The van der Waals surface area contributed by atoms with E-state index in [1.54, 1.807) is 12.8 Å². The Kier molecular flexibility index (Phi) is 3.36. The number of hydrogen-bond donors (Lipinski definition) is 0. The van der Waals surface area contributed by atoms with Gasteiger partial charge in [0.25, 0.3) is 0 Å². The van der Waals surface area contributed by atoms with Crippen molar-refractivity contribution in [1.82, 2.24) is 9.88 Å². The van der Waals surface area contributed by atoms with Crippen molar-refractivity contribution in [3.05, 3.63) is 23.4 Å². The third-order valence-electron chi connectivity index (χ3n) is 7.94. The molecule has 25 heavy (non-hydrogen) atoms. The van der Waals surface area contributed by atoms with Crippen molar-refractivity contribution in [3.63, 3.8) is 0 Å². The van der Waals surface area contributed by atoms with Crippen LogP contribution >= 0.6 is 0 Å². The molecule has 3 saturated carbocycles. The quantitative estimate of drug-likeness (QED) is 0.812. The lowest BCUT2D eigenvalue weighted by molar-refractivity contribution is 0.147. The second-order valence-electron chi connectivity index (χ2n) is 10.2. The summed E-state index contributed by atoms with van der Waals surface area (Å²) in [7, 11) is 0. The molecule has 0 radical (unpaired) electrons. The lowest BCUT2D eigenvalue weighted by Crippen LogP contribution is -2.51. The molecule has 0 amide bonds. The monoisotopic (exact) mass is 339 g/mol. The Morgan fingerprint density at radius 3 is 2.40 bits per heavy atom. The SMILES string of the molecule is Cc1cc(C(C)(C)C)cnc1N1CCN([C@@H]2C[C@@H]3CCC34C[C@@H]24)CC1. The van der Waals surface area contributed by atoms with Gasteiger partial charge in [0.1, 0.15) is 5.82 Å². The molecular formula is C22H33N3. The van der Waals surface area contributed by atoms with E-state index in [9.17, 15) is 0 Å². The Morgan fingerprint density at radius 2 is 1.92 bits per heavy atom. The molecule has 1 unspecified atom stereocenters. The van der Waals surface area contributed by atoms with E-state index in [1.165, 1.54) is 42.9 Å². The number of piperazine rings is 1. The number of anilines is 1. The normalized spacial score (nSPS) is 37.4. The van der Waals surface area contributed by atoms with Gasteiger partial charge < -0.3 is 4.90 Å². The highest BCUT2D eigenvalue weighted by atomic mass is 15.3. The molecule has 4 aliphatic rings. The Morgan fingerprint density at radius 1 is 1.16 bits per heavy atom. The topological polar surface area (TPSA) is 19.4 Å². The average Bonchev–Trinajstić information content (AvgIpc) is 3.27. The van der Waals surface area contributed by atoms with Crippen LogP contribution in [0.25, 0.3) is 0 Å². The molecule has 0 bridgehead atoms. The molecule has 136 valence electrons. The van der Waals surface area contributed by atoms with E-state index in [0.29, 0.717) is 0 Å². The predicted octanol–water partition coefficient (Wildman–Crippen LogP) is 4.00. The molecule has 4 fully saturated rings. The molecule has 1 aromatic heterocycles. The van der Waals surface area contributed by atoms with Gasteiger partial charge in [-0.15, -0.1) is 0 Å². The van der Waals surface area contributed by atoms with Gasteiger partial charge in [-0.2, -0.15) is 0 Å². The van der Waals surface area contributed by atoms with Gasteiger partial charge in [-0.3, -0.25) is 4.90 Å². The van der Waals surface area contributed by atoms with Crippen LogP contribution in [0.5, 0.6) is 0 Å². The first-order chi connectivity index (χ1) is 11.9. The highest BCUT2D eigenvalue weighted by Gasteiger charge is 2.71. The van der Waals surface area contributed by atoms with E-state index < -0.39 is 0 Å². The van der Waals surface area contributed by atoms with Crippen LogP contribution in [0.3, 0.4) is 0 Å². The van der Waals surface area contributed by atoms with Crippen LogP contribution in [0.4, 0.5) is 5.82 Å². The smallest absolute Gasteiger partial charge is 0.131 e. The molecule has 1 spiro atoms. The molecule has 2 heterocycles. The Balaban J connectivity index is 1.25. The molecule has 1 aromatic rings. The van der Waals surface area contributed by atoms with Crippen molar-refractivity contribution in [2.24, 2.45) is 17.3 Å². The zero-order valence-electron chi connectivity index (χ0n) is 16.4. The van der Waals surface area contributed by atoms with Crippen molar-refractivity contribution >= 4 is 5.82 Å². The van der Waals surface area contributed by atoms with Gasteiger partial charge in [0.05, 0.1) is 0 Å². The fourth-order valence-corrected chi connectivity index (χ4v) is 6.13. The summed E-state index contributed by atoms with van der Waals surface area (Å²) in [6, 6.07) is 3.25. The predicted molar refractivity (Wildman–Crippen MR) is 103 cm³/mol. The summed E-state index contributed by atoms with van der Waals surface area (Å²) >= 11 is 0.